The third kappa shape index (κ3) is 4.00. The summed E-state index contributed by atoms with van der Waals surface area (Å²) in [6.07, 6.45) is 0. The number of aromatic hydroxyl groups is 1. The molecule has 0 amide bonds. The van der Waals surface area contributed by atoms with Crippen molar-refractivity contribution < 1.29 is 9.84 Å². The molecule has 1 heterocycles. The fraction of sp³-hybridized carbons (Fsp3) is 0.167. The highest BCUT2D eigenvalue weighted by molar-refractivity contribution is 7.07. The second kappa shape index (κ2) is 8.55. The number of ether oxygens (including phenoxy) is 1. The van der Waals surface area contributed by atoms with Crippen molar-refractivity contribution in [1.29, 1.82) is 0 Å². The molecule has 4 aromatic rings. The topological polar surface area (TPSA) is 59.1 Å². The van der Waals surface area contributed by atoms with Gasteiger partial charge in [-0.05, 0) is 72.6 Å². The summed E-state index contributed by atoms with van der Waals surface area (Å²) in [5, 5.41) is 18.8. The van der Waals surface area contributed by atoms with Crippen LogP contribution in [-0.4, -0.2) is 29.1 Å². The van der Waals surface area contributed by atoms with Crippen molar-refractivity contribution in [3.8, 4) is 22.8 Å². The van der Waals surface area contributed by atoms with Crippen LogP contribution in [0, 0.1) is 0 Å². The second-order valence-electron chi connectivity index (χ2n) is 6.85. The summed E-state index contributed by atoms with van der Waals surface area (Å²) in [5.74, 6) is 1.09. The number of hydrogen-bond acceptors (Lipinski definition) is 5. The van der Waals surface area contributed by atoms with E-state index >= 15 is 0 Å². The number of phenolic OH excluding ortho intramolecular Hbond substituents is 1. The van der Waals surface area contributed by atoms with E-state index in [1.54, 1.807) is 30.6 Å². The molecule has 0 radical (unpaired) electrons. The fourth-order valence-electron chi connectivity index (χ4n) is 3.26. The van der Waals surface area contributed by atoms with E-state index in [1.807, 2.05) is 42.8 Å². The molecular formula is C24H23N3O2S. The van der Waals surface area contributed by atoms with Gasteiger partial charge in [-0.15, -0.1) is 11.3 Å². The first-order valence-electron chi connectivity index (χ1n) is 9.73. The minimum absolute atomic E-state index is 0.241. The maximum atomic E-state index is 9.56. The van der Waals surface area contributed by atoms with Crippen molar-refractivity contribution in [2.45, 2.75) is 13.8 Å². The summed E-state index contributed by atoms with van der Waals surface area (Å²) in [6.45, 7) is 4.66. The number of rotatable bonds is 5. The molecule has 0 unspecified atom stereocenters. The number of hydrogen-bond donors (Lipinski definition) is 1. The number of aromatic nitrogens is 1. The summed E-state index contributed by atoms with van der Waals surface area (Å²) >= 11 is 1.58. The number of nitrogens with zero attached hydrogens (tertiary/aromatic N) is 3. The van der Waals surface area contributed by atoms with E-state index in [9.17, 15) is 5.11 Å². The van der Waals surface area contributed by atoms with E-state index in [2.05, 4.69) is 34.6 Å². The lowest BCUT2D eigenvalue weighted by atomic mass is 10.1. The molecule has 0 bridgehead atoms. The molecule has 5 nitrogen and oxygen atoms in total. The zero-order chi connectivity index (χ0) is 21.1. The van der Waals surface area contributed by atoms with Crippen LogP contribution in [0.1, 0.15) is 19.4 Å². The summed E-state index contributed by atoms with van der Waals surface area (Å²) in [5.41, 5.74) is 3.86. The Morgan fingerprint density at radius 2 is 1.77 bits per heavy atom. The highest BCUT2D eigenvalue weighted by Gasteiger charge is 2.10. The second-order valence-corrected chi connectivity index (χ2v) is 7.69. The van der Waals surface area contributed by atoms with Gasteiger partial charge in [-0.25, -0.2) is 4.68 Å². The summed E-state index contributed by atoms with van der Waals surface area (Å²) in [4.78, 5) is 5.46. The number of methoxy groups -OCH3 is 1. The monoisotopic (exact) mass is 417 g/mol. The van der Waals surface area contributed by atoms with Crippen LogP contribution in [0.2, 0.25) is 0 Å². The van der Waals surface area contributed by atoms with E-state index in [1.165, 1.54) is 0 Å². The molecule has 4 rings (SSSR count). The third-order valence-corrected chi connectivity index (χ3v) is 5.71. The molecular weight excluding hydrogens is 394 g/mol. The first-order chi connectivity index (χ1) is 14.6. The lowest BCUT2D eigenvalue weighted by Gasteiger charge is -2.08. The minimum atomic E-state index is 0.241. The predicted octanol–water partition coefficient (Wildman–Crippen LogP) is 5.28. The Bertz CT molecular complexity index is 1280. The lowest BCUT2D eigenvalue weighted by Crippen LogP contribution is -2.14. The van der Waals surface area contributed by atoms with Crippen LogP contribution in [0.3, 0.4) is 0 Å². The first kappa shape index (κ1) is 19.9. The molecule has 0 aliphatic rings. The summed E-state index contributed by atoms with van der Waals surface area (Å²) in [6, 6.07) is 19.5. The van der Waals surface area contributed by atoms with Crippen LogP contribution in [0.15, 0.2) is 76.1 Å². The van der Waals surface area contributed by atoms with Crippen LogP contribution in [0.5, 0.6) is 11.5 Å². The maximum absolute atomic E-state index is 9.56. The van der Waals surface area contributed by atoms with Crippen LogP contribution in [-0.2, 0) is 0 Å². The molecule has 6 heteroatoms. The highest BCUT2D eigenvalue weighted by atomic mass is 32.1. The van der Waals surface area contributed by atoms with E-state index < -0.39 is 0 Å². The molecule has 1 N–H and O–H groups in total. The van der Waals surface area contributed by atoms with Crippen molar-refractivity contribution in [3.63, 3.8) is 0 Å². The third-order valence-electron chi connectivity index (χ3n) is 4.86. The smallest absolute Gasteiger partial charge is 0.206 e. The van der Waals surface area contributed by atoms with Crippen molar-refractivity contribution in [3.05, 3.63) is 76.4 Å². The van der Waals surface area contributed by atoms with Gasteiger partial charge in [0.05, 0.1) is 18.5 Å². The van der Waals surface area contributed by atoms with Crippen molar-refractivity contribution in [2.75, 3.05) is 13.7 Å². The average Bonchev–Trinajstić information content (AvgIpc) is 3.15. The van der Waals surface area contributed by atoms with Gasteiger partial charge in [-0.3, -0.25) is 4.99 Å². The molecule has 0 fully saturated rings. The molecule has 0 saturated heterocycles. The molecule has 0 saturated carbocycles. The molecule has 30 heavy (non-hydrogen) atoms. The maximum Gasteiger partial charge on any atom is 0.206 e. The normalized spacial score (nSPS) is 12.5. The summed E-state index contributed by atoms with van der Waals surface area (Å²) < 4.78 is 7.24. The molecule has 0 aliphatic carbocycles. The Balaban J connectivity index is 1.83. The number of fused-ring (bicyclic) bond motifs is 1. The van der Waals surface area contributed by atoms with E-state index in [0.29, 0.717) is 6.54 Å². The van der Waals surface area contributed by atoms with Gasteiger partial charge in [0.2, 0.25) is 4.80 Å². The number of benzene rings is 3. The van der Waals surface area contributed by atoms with Gasteiger partial charge < -0.3 is 9.84 Å². The average molecular weight is 418 g/mol. The SMILES string of the molecule is CCN=c1scc(-c2ccc3cc(OC)ccc3c2)n1N=C(C)c1ccc(O)cc1. The van der Waals surface area contributed by atoms with Gasteiger partial charge in [0.15, 0.2) is 0 Å². The number of phenols is 1. The Kier molecular flexibility index (Phi) is 5.68. The van der Waals surface area contributed by atoms with E-state index in [-0.39, 0.29) is 5.75 Å². The van der Waals surface area contributed by atoms with Crippen LogP contribution >= 0.6 is 11.3 Å². The van der Waals surface area contributed by atoms with Crippen molar-refractivity contribution in [1.82, 2.24) is 4.68 Å². The van der Waals surface area contributed by atoms with Gasteiger partial charge in [-0.2, -0.15) is 5.10 Å². The Morgan fingerprint density at radius 3 is 2.50 bits per heavy atom. The van der Waals surface area contributed by atoms with Gasteiger partial charge >= 0.3 is 0 Å². The van der Waals surface area contributed by atoms with Crippen LogP contribution < -0.4 is 9.54 Å². The molecule has 0 aliphatic heterocycles. The Labute approximate surface area is 179 Å². The lowest BCUT2D eigenvalue weighted by molar-refractivity contribution is 0.415. The van der Waals surface area contributed by atoms with E-state index in [0.717, 1.165) is 43.9 Å². The molecule has 0 spiro atoms. The number of thiazole rings is 1. The highest BCUT2D eigenvalue weighted by Crippen LogP contribution is 2.27. The predicted molar refractivity (Wildman–Crippen MR) is 124 cm³/mol. The molecule has 152 valence electrons. The largest absolute Gasteiger partial charge is 0.508 e. The van der Waals surface area contributed by atoms with Gasteiger partial charge in [0.1, 0.15) is 11.5 Å². The zero-order valence-corrected chi connectivity index (χ0v) is 18.0. The van der Waals surface area contributed by atoms with Crippen LogP contribution in [0.25, 0.3) is 22.0 Å². The summed E-state index contributed by atoms with van der Waals surface area (Å²) in [7, 11) is 1.68. The molecule has 3 aromatic carbocycles. The van der Waals surface area contributed by atoms with Gasteiger partial charge in [0.25, 0.3) is 0 Å². The van der Waals surface area contributed by atoms with Gasteiger partial charge in [0, 0.05) is 17.5 Å². The standard InChI is InChI=1S/C24H23N3O2S/c1-4-25-24-27(26-16(2)17-7-10-21(28)11-8-17)23(15-30-24)20-6-5-19-14-22(29-3)12-9-18(19)13-20/h5-15,28H,4H2,1-3H3. The Hall–Kier alpha value is -3.38. The van der Waals surface area contributed by atoms with Crippen LogP contribution in [0.4, 0.5) is 0 Å². The van der Waals surface area contributed by atoms with Crippen molar-refractivity contribution in [2.24, 2.45) is 10.1 Å². The van der Waals surface area contributed by atoms with Crippen molar-refractivity contribution >= 4 is 27.8 Å². The van der Waals surface area contributed by atoms with E-state index in [4.69, 9.17) is 9.84 Å². The zero-order valence-electron chi connectivity index (χ0n) is 17.2. The first-order valence-corrected chi connectivity index (χ1v) is 10.6. The molecule has 0 atom stereocenters. The molecule has 1 aromatic heterocycles. The fourth-order valence-corrected chi connectivity index (χ4v) is 4.15. The van der Waals surface area contributed by atoms with Gasteiger partial charge in [-0.1, -0.05) is 18.2 Å². The Morgan fingerprint density at radius 1 is 1.03 bits per heavy atom. The minimum Gasteiger partial charge on any atom is -0.508 e. The quantitative estimate of drug-likeness (QED) is 0.449.